The number of anilines is 2. The van der Waals surface area contributed by atoms with Crippen molar-refractivity contribution in [3.63, 3.8) is 0 Å². The molecule has 39 heavy (non-hydrogen) atoms. The largest absolute Gasteiger partial charge is 0.496 e. The van der Waals surface area contributed by atoms with Crippen LogP contribution in [0.25, 0.3) is 0 Å². The predicted molar refractivity (Wildman–Crippen MR) is 151 cm³/mol. The lowest BCUT2D eigenvalue weighted by molar-refractivity contribution is -0.165. The third kappa shape index (κ3) is 6.88. The zero-order valence-corrected chi connectivity index (χ0v) is 23.8. The van der Waals surface area contributed by atoms with E-state index < -0.39 is 0 Å². The van der Waals surface area contributed by atoms with Crippen molar-refractivity contribution in [2.45, 2.75) is 21.9 Å². The number of benzene rings is 2. The zero-order chi connectivity index (χ0) is 28.1. The molecule has 2 heterocycles. The van der Waals surface area contributed by atoms with Gasteiger partial charge in [0.15, 0.2) is 5.13 Å². The molecule has 12 heteroatoms. The maximum absolute atomic E-state index is 13.3. The quantitative estimate of drug-likeness (QED) is 0.305. The van der Waals surface area contributed by atoms with Gasteiger partial charge in [0.2, 0.25) is 5.91 Å². The molecule has 1 aliphatic rings. The minimum atomic E-state index is -0.333. The molecular weight excluding hydrogens is 538 g/mol. The summed E-state index contributed by atoms with van der Waals surface area (Å²) in [6.07, 6.45) is 2.66. The van der Waals surface area contributed by atoms with E-state index in [2.05, 4.69) is 10.3 Å². The van der Waals surface area contributed by atoms with Gasteiger partial charge in [-0.3, -0.25) is 24.9 Å². The molecular formula is C27H31N5O5S2. The number of nitrogens with zero attached hydrogens (tertiary/aromatic N) is 4. The van der Waals surface area contributed by atoms with Gasteiger partial charge in [0.1, 0.15) is 5.75 Å². The highest BCUT2D eigenvalue weighted by Gasteiger charge is 2.30. The maximum atomic E-state index is 13.3. The summed E-state index contributed by atoms with van der Waals surface area (Å²) in [6, 6.07) is 12.7. The average molecular weight is 570 g/mol. The first-order chi connectivity index (χ1) is 18.7. The van der Waals surface area contributed by atoms with Gasteiger partial charge >= 0.3 is 0 Å². The van der Waals surface area contributed by atoms with Crippen LogP contribution < -0.4 is 15.0 Å². The predicted octanol–water partition coefficient (Wildman–Crippen LogP) is 4.32. The molecule has 3 amide bonds. The van der Waals surface area contributed by atoms with Crippen LogP contribution in [0.3, 0.4) is 0 Å². The normalized spacial score (nSPS) is 13.6. The first-order valence-corrected chi connectivity index (χ1v) is 14.0. The Morgan fingerprint density at radius 1 is 1.10 bits per heavy atom. The standard InChI is InChI=1S/C27H31N5O5S2/c1-30(2)19-7-5-17(6-8-19)24(33)29-27-28-16-23(39-27)38-20-9-10-22(37-4)21(15-20)26(35)32-13-11-18(12-14-32)25(34)31(3)36/h5-10,15-16,18,36H,11-14H2,1-4H3,(H,28,29,33). The van der Waals surface area contributed by atoms with Crippen LogP contribution in [0, 0.1) is 5.92 Å². The first kappa shape index (κ1) is 28.4. The summed E-state index contributed by atoms with van der Waals surface area (Å²) in [4.78, 5) is 46.9. The van der Waals surface area contributed by atoms with Gasteiger partial charge in [0.25, 0.3) is 11.8 Å². The van der Waals surface area contributed by atoms with Crippen LogP contribution in [0.2, 0.25) is 0 Å². The molecule has 1 aromatic heterocycles. The molecule has 0 spiro atoms. The number of hydrogen-bond donors (Lipinski definition) is 2. The number of nitrogens with one attached hydrogen (secondary N) is 1. The van der Waals surface area contributed by atoms with Gasteiger partial charge in [-0.1, -0.05) is 23.1 Å². The Labute approximate surface area is 235 Å². The van der Waals surface area contributed by atoms with Crippen molar-refractivity contribution in [2.24, 2.45) is 5.92 Å². The number of hydrogen-bond acceptors (Lipinski definition) is 9. The minimum absolute atomic E-state index is 0.171. The van der Waals surface area contributed by atoms with E-state index in [1.807, 2.05) is 37.2 Å². The van der Waals surface area contributed by atoms with Crippen molar-refractivity contribution in [2.75, 3.05) is 51.6 Å². The number of hydroxylamine groups is 2. The molecule has 206 valence electrons. The van der Waals surface area contributed by atoms with E-state index in [0.29, 0.717) is 53.0 Å². The number of ether oxygens (including phenoxy) is 1. The summed E-state index contributed by atoms with van der Waals surface area (Å²) in [6.45, 7) is 0.832. The Kier molecular flexibility index (Phi) is 9.10. The highest BCUT2D eigenvalue weighted by molar-refractivity contribution is 8.01. The van der Waals surface area contributed by atoms with Gasteiger partial charge in [-0.15, -0.1) is 0 Å². The van der Waals surface area contributed by atoms with E-state index in [4.69, 9.17) is 4.74 Å². The van der Waals surface area contributed by atoms with Crippen LogP contribution in [0.4, 0.5) is 10.8 Å². The fraction of sp³-hybridized carbons (Fsp3) is 0.333. The SMILES string of the molecule is COc1ccc(Sc2cnc(NC(=O)c3ccc(N(C)C)cc3)s2)cc1C(=O)N1CCC(C(=O)N(C)O)CC1. The maximum Gasteiger partial charge on any atom is 0.257 e. The molecule has 0 saturated carbocycles. The number of carbonyl (C=O) groups excluding carboxylic acids is 3. The first-order valence-electron chi connectivity index (χ1n) is 12.3. The van der Waals surface area contributed by atoms with Crippen LogP contribution in [0.15, 0.2) is 57.8 Å². The number of carbonyl (C=O) groups is 3. The topological polar surface area (TPSA) is 115 Å². The molecule has 0 aliphatic carbocycles. The molecule has 0 bridgehead atoms. The fourth-order valence-electron chi connectivity index (χ4n) is 4.24. The third-order valence-corrected chi connectivity index (χ3v) is 8.42. The van der Waals surface area contributed by atoms with Gasteiger partial charge in [0.05, 0.1) is 23.1 Å². The monoisotopic (exact) mass is 569 g/mol. The number of piperidine rings is 1. The molecule has 1 aliphatic heterocycles. The lowest BCUT2D eigenvalue weighted by atomic mass is 9.95. The highest BCUT2D eigenvalue weighted by Crippen LogP contribution is 2.36. The van der Waals surface area contributed by atoms with Gasteiger partial charge in [-0.2, -0.15) is 0 Å². The lowest BCUT2D eigenvalue weighted by Gasteiger charge is -2.32. The number of rotatable bonds is 8. The number of likely N-dealkylation sites (tertiary alicyclic amines) is 1. The van der Waals surface area contributed by atoms with Crippen molar-refractivity contribution < 1.29 is 24.3 Å². The Hall–Kier alpha value is -3.61. The third-order valence-electron chi connectivity index (χ3n) is 6.42. The molecule has 10 nitrogen and oxygen atoms in total. The van der Waals surface area contributed by atoms with Crippen molar-refractivity contribution in [1.29, 1.82) is 0 Å². The van der Waals surface area contributed by atoms with Crippen molar-refractivity contribution in [3.8, 4) is 5.75 Å². The molecule has 1 fully saturated rings. The number of aromatic nitrogens is 1. The Bertz CT molecular complexity index is 1330. The van der Waals surface area contributed by atoms with Crippen molar-refractivity contribution in [1.82, 2.24) is 14.9 Å². The summed E-state index contributed by atoms with van der Waals surface area (Å²) in [5.41, 5.74) is 1.98. The van der Waals surface area contributed by atoms with E-state index in [1.165, 1.54) is 37.3 Å². The van der Waals surface area contributed by atoms with E-state index >= 15 is 0 Å². The van der Waals surface area contributed by atoms with Crippen LogP contribution in [0.5, 0.6) is 5.75 Å². The molecule has 3 aromatic rings. The summed E-state index contributed by atoms with van der Waals surface area (Å²) in [5, 5.41) is 13.4. The van der Waals surface area contributed by atoms with Crippen LogP contribution in [-0.4, -0.2) is 79.2 Å². The fourth-order valence-corrected chi connectivity index (χ4v) is 6.13. The second kappa shape index (κ2) is 12.5. The second-order valence-electron chi connectivity index (χ2n) is 9.27. The van der Waals surface area contributed by atoms with Crippen LogP contribution in [0.1, 0.15) is 33.6 Å². The average Bonchev–Trinajstić information content (AvgIpc) is 3.38. The molecule has 2 N–H and O–H groups in total. The Balaban J connectivity index is 1.41. The smallest absolute Gasteiger partial charge is 0.257 e. The van der Waals surface area contributed by atoms with Crippen molar-refractivity contribution in [3.05, 3.63) is 59.8 Å². The lowest BCUT2D eigenvalue weighted by Crippen LogP contribution is -2.43. The zero-order valence-electron chi connectivity index (χ0n) is 22.2. The minimum Gasteiger partial charge on any atom is -0.496 e. The summed E-state index contributed by atoms with van der Waals surface area (Å²) < 4.78 is 6.30. The van der Waals surface area contributed by atoms with E-state index in [1.54, 1.807) is 35.4 Å². The molecule has 0 unspecified atom stereocenters. The molecule has 0 atom stereocenters. The van der Waals surface area contributed by atoms with E-state index in [9.17, 15) is 19.6 Å². The molecule has 4 rings (SSSR count). The molecule has 0 radical (unpaired) electrons. The summed E-state index contributed by atoms with van der Waals surface area (Å²) in [5.74, 6) is -0.573. The Morgan fingerprint density at radius 3 is 2.41 bits per heavy atom. The second-order valence-corrected chi connectivity index (χ2v) is 11.7. The van der Waals surface area contributed by atoms with Gasteiger partial charge in [-0.05, 0) is 55.3 Å². The van der Waals surface area contributed by atoms with E-state index in [0.717, 1.165) is 14.8 Å². The molecule has 2 aromatic carbocycles. The summed E-state index contributed by atoms with van der Waals surface area (Å²) in [7, 11) is 6.72. The number of methoxy groups -OCH3 is 1. The highest BCUT2D eigenvalue weighted by atomic mass is 32.2. The van der Waals surface area contributed by atoms with Gasteiger partial charge in [-0.25, -0.2) is 10.0 Å². The number of amides is 3. The van der Waals surface area contributed by atoms with Gasteiger partial charge < -0.3 is 14.5 Å². The molecule has 1 saturated heterocycles. The van der Waals surface area contributed by atoms with Gasteiger partial charge in [0, 0.05) is 56.3 Å². The van der Waals surface area contributed by atoms with Crippen LogP contribution >= 0.6 is 23.1 Å². The van der Waals surface area contributed by atoms with E-state index in [-0.39, 0.29) is 23.6 Å². The van der Waals surface area contributed by atoms with Crippen molar-refractivity contribution >= 4 is 51.6 Å². The summed E-state index contributed by atoms with van der Waals surface area (Å²) >= 11 is 2.78. The Morgan fingerprint density at radius 2 is 1.79 bits per heavy atom. The number of thiazole rings is 1. The van der Waals surface area contributed by atoms with Crippen LogP contribution in [-0.2, 0) is 4.79 Å².